The average Bonchev–Trinajstić information content (AvgIpc) is 3.30. The minimum Gasteiger partial charge on any atom is -0.364 e. The van der Waals surface area contributed by atoms with Crippen LogP contribution in [0.4, 0.5) is 4.39 Å². The minimum atomic E-state index is -0.685. The van der Waals surface area contributed by atoms with Crippen molar-refractivity contribution in [1.29, 1.82) is 0 Å². The molecule has 10 heteroatoms. The molecule has 8 nitrogen and oxygen atoms in total. The van der Waals surface area contributed by atoms with Crippen LogP contribution in [0, 0.1) is 25.6 Å². The van der Waals surface area contributed by atoms with Crippen LogP contribution in [0.5, 0.6) is 0 Å². The zero-order chi connectivity index (χ0) is 25.9. The number of nitrogens with two attached hydrogens (primary N) is 1. The number of pyridine rings is 1. The van der Waals surface area contributed by atoms with Crippen molar-refractivity contribution in [3.63, 3.8) is 0 Å². The Morgan fingerprint density at radius 3 is 2.72 bits per heavy atom. The molecule has 1 saturated carbocycles. The fourth-order valence-electron chi connectivity index (χ4n) is 5.61. The Balaban J connectivity index is 1.38. The summed E-state index contributed by atoms with van der Waals surface area (Å²) in [5, 5.41) is 4.90. The summed E-state index contributed by atoms with van der Waals surface area (Å²) in [6.07, 6.45) is 1.57. The number of hydrogen-bond acceptors (Lipinski definition) is 5. The number of Topliss-reactive ketones (excluding diaryl/α,β-unsaturated/α-hetero) is 1. The van der Waals surface area contributed by atoms with Gasteiger partial charge in [0.15, 0.2) is 11.5 Å². The lowest BCUT2D eigenvalue weighted by atomic mass is 9.91. The van der Waals surface area contributed by atoms with E-state index in [2.05, 4.69) is 10.1 Å². The van der Waals surface area contributed by atoms with E-state index in [4.69, 9.17) is 17.3 Å². The van der Waals surface area contributed by atoms with Gasteiger partial charge < -0.3 is 10.6 Å². The number of carbonyl (C=O) groups is 3. The Labute approximate surface area is 212 Å². The van der Waals surface area contributed by atoms with Gasteiger partial charge >= 0.3 is 0 Å². The van der Waals surface area contributed by atoms with E-state index < -0.39 is 17.8 Å². The van der Waals surface area contributed by atoms with Gasteiger partial charge in [-0.15, -0.1) is 0 Å². The molecule has 2 N–H and O–H groups in total. The fraction of sp³-hybridized carbons (Fsp3) is 0.423. The summed E-state index contributed by atoms with van der Waals surface area (Å²) < 4.78 is 15.9. The maximum absolute atomic E-state index is 14.5. The normalized spacial score (nSPS) is 21.5. The number of amides is 2. The third kappa shape index (κ3) is 4.15. The molecule has 1 aliphatic carbocycles. The molecule has 3 aromatic rings. The molecule has 1 aromatic carbocycles. The van der Waals surface area contributed by atoms with E-state index in [0.717, 1.165) is 6.42 Å². The summed E-state index contributed by atoms with van der Waals surface area (Å²) in [4.78, 5) is 45.0. The molecular weight excluding hydrogens is 485 g/mol. The third-order valence-corrected chi connectivity index (χ3v) is 7.62. The van der Waals surface area contributed by atoms with Gasteiger partial charge in [0.25, 0.3) is 5.91 Å². The van der Waals surface area contributed by atoms with Crippen molar-refractivity contribution in [3.05, 3.63) is 57.8 Å². The van der Waals surface area contributed by atoms with Crippen molar-refractivity contribution in [2.75, 3.05) is 0 Å². The van der Waals surface area contributed by atoms with Crippen LogP contribution in [-0.2, 0) is 16.1 Å². The SMILES string of the molecule is Cc1cc2c(C(N)=O)nn(CC(=O)N3[C@@H]4C[C@@H]4C[C@H]3C(=O)C[C@H](C)c3cccc(Cl)c3F)c2c(C)n1. The molecule has 2 aliphatic rings. The number of nitrogens with zero attached hydrogens (tertiary/aromatic N) is 4. The maximum Gasteiger partial charge on any atom is 0.269 e. The molecule has 5 rings (SSSR count). The second-order valence-corrected chi connectivity index (χ2v) is 10.4. The lowest BCUT2D eigenvalue weighted by molar-refractivity contribution is -0.139. The summed E-state index contributed by atoms with van der Waals surface area (Å²) in [5.41, 5.74) is 7.93. The number of aromatic nitrogens is 3. The van der Waals surface area contributed by atoms with Crippen LogP contribution in [0.25, 0.3) is 10.9 Å². The summed E-state index contributed by atoms with van der Waals surface area (Å²) in [5.74, 6) is -1.64. The topological polar surface area (TPSA) is 111 Å². The number of fused-ring (bicyclic) bond motifs is 2. The second kappa shape index (κ2) is 8.96. The van der Waals surface area contributed by atoms with Gasteiger partial charge in [-0.2, -0.15) is 5.10 Å². The molecule has 2 fully saturated rings. The zero-order valence-electron chi connectivity index (χ0n) is 20.3. The van der Waals surface area contributed by atoms with Crippen LogP contribution < -0.4 is 5.73 Å². The highest BCUT2D eigenvalue weighted by Crippen LogP contribution is 2.48. The first-order valence-electron chi connectivity index (χ1n) is 12.0. The van der Waals surface area contributed by atoms with Crippen LogP contribution in [-0.4, -0.2) is 49.3 Å². The molecule has 188 valence electrons. The van der Waals surface area contributed by atoms with Crippen LogP contribution in [0.2, 0.25) is 5.02 Å². The van der Waals surface area contributed by atoms with E-state index in [1.165, 1.54) is 10.7 Å². The molecule has 3 heterocycles. The van der Waals surface area contributed by atoms with E-state index in [0.29, 0.717) is 40.2 Å². The Bertz CT molecular complexity index is 1420. The monoisotopic (exact) mass is 511 g/mol. The molecule has 0 radical (unpaired) electrons. The number of likely N-dealkylation sites (tertiary alicyclic amines) is 1. The minimum absolute atomic E-state index is 0.0172. The molecule has 4 atom stereocenters. The van der Waals surface area contributed by atoms with Crippen molar-refractivity contribution >= 4 is 40.1 Å². The number of hydrogen-bond donors (Lipinski definition) is 1. The van der Waals surface area contributed by atoms with Gasteiger partial charge in [-0.3, -0.25) is 24.0 Å². The highest BCUT2D eigenvalue weighted by molar-refractivity contribution is 6.30. The Morgan fingerprint density at radius 1 is 1.25 bits per heavy atom. The first kappa shape index (κ1) is 24.4. The van der Waals surface area contributed by atoms with Gasteiger partial charge in [-0.05, 0) is 56.2 Å². The number of halogens is 2. The Morgan fingerprint density at radius 2 is 2.00 bits per heavy atom. The number of ketones is 1. The van der Waals surface area contributed by atoms with Crippen LogP contribution >= 0.6 is 11.6 Å². The van der Waals surface area contributed by atoms with E-state index in [9.17, 15) is 18.8 Å². The first-order valence-corrected chi connectivity index (χ1v) is 12.4. The maximum atomic E-state index is 14.5. The van der Waals surface area contributed by atoms with Gasteiger partial charge in [0.1, 0.15) is 12.4 Å². The summed E-state index contributed by atoms with van der Waals surface area (Å²) in [6, 6.07) is 5.95. The van der Waals surface area contributed by atoms with Gasteiger partial charge in [0.2, 0.25) is 5.91 Å². The molecule has 1 aliphatic heterocycles. The van der Waals surface area contributed by atoms with Crippen LogP contribution in [0.3, 0.4) is 0 Å². The molecular formula is C26H27ClFN5O3. The first-order chi connectivity index (χ1) is 17.1. The molecule has 0 unspecified atom stereocenters. The molecule has 1 saturated heterocycles. The number of piperidine rings is 1. The van der Waals surface area contributed by atoms with Crippen molar-refractivity contribution in [2.24, 2.45) is 11.7 Å². The summed E-state index contributed by atoms with van der Waals surface area (Å²) >= 11 is 5.92. The molecule has 0 bridgehead atoms. The predicted molar refractivity (Wildman–Crippen MR) is 132 cm³/mol. The van der Waals surface area contributed by atoms with Gasteiger partial charge in [-0.25, -0.2) is 4.39 Å². The number of aryl methyl sites for hydroxylation is 2. The van der Waals surface area contributed by atoms with Gasteiger partial charge in [-0.1, -0.05) is 30.7 Å². The number of benzene rings is 1. The van der Waals surface area contributed by atoms with Crippen molar-refractivity contribution in [2.45, 2.75) is 64.6 Å². The summed E-state index contributed by atoms with van der Waals surface area (Å²) in [6.45, 7) is 5.25. The molecule has 36 heavy (non-hydrogen) atoms. The average molecular weight is 512 g/mol. The van der Waals surface area contributed by atoms with Gasteiger partial charge in [0.05, 0.1) is 22.3 Å². The molecule has 0 spiro atoms. The Kier molecular flexibility index (Phi) is 6.06. The van der Waals surface area contributed by atoms with E-state index >= 15 is 0 Å². The zero-order valence-corrected chi connectivity index (χ0v) is 21.1. The molecule has 2 aromatic heterocycles. The number of carbonyl (C=O) groups excluding carboxylic acids is 3. The fourth-order valence-corrected chi connectivity index (χ4v) is 5.79. The molecule has 2 amide bonds. The Hall–Kier alpha value is -3.33. The highest BCUT2D eigenvalue weighted by atomic mass is 35.5. The standard InChI is InChI=1S/C26H27ClFN5O3/c1-12(16-5-4-6-18(27)23(16)28)7-21(34)20-10-15-9-19(15)33(20)22(35)11-32-25-14(3)30-13(2)8-17(25)24(31-32)26(29)36/h4-6,8,12,15,19-20H,7,9-11H2,1-3H3,(H2,29,36)/t12-,15+,19+,20-/m0/s1. The summed E-state index contributed by atoms with van der Waals surface area (Å²) in [7, 11) is 0. The van der Waals surface area contributed by atoms with Crippen LogP contribution in [0.15, 0.2) is 24.3 Å². The van der Waals surface area contributed by atoms with Gasteiger partial charge in [0, 0.05) is 23.5 Å². The van der Waals surface area contributed by atoms with Crippen molar-refractivity contribution in [1.82, 2.24) is 19.7 Å². The number of primary amides is 1. The quantitative estimate of drug-likeness (QED) is 0.520. The van der Waals surface area contributed by atoms with E-state index in [1.54, 1.807) is 36.9 Å². The smallest absolute Gasteiger partial charge is 0.269 e. The lowest BCUT2D eigenvalue weighted by Gasteiger charge is -2.28. The third-order valence-electron chi connectivity index (χ3n) is 7.33. The van der Waals surface area contributed by atoms with E-state index in [1.807, 2.05) is 6.92 Å². The van der Waals surface area contributed by atoms with Crippen molar-refractivity contribution in [3.8, 4) is 0 Å². The highest BCUT2D eigenvalue weighted by Gasteiger charge is 2.55. The second-order valence-electron chi connectivity index (χ2n) is 9.95. The van der Waals surface area contributed by atoms with E-state index in [-0.39, 0.29) is 47.3 Å². The number of rotatable bonds is 7. The lowest BCUT2D eigenvalue weighted by Crippen LogP contribution is -2.45. The predicted octanol–water partition coefficient (Wildman–Crippen LogP) is 3.69. The van der Waals surface area contributed by atoms with Crippen LogP contribution in [0.1, 0.15) is 59.5 Å². The largest absolute Gasteiger partial charge is 0.364 e. The van der Waals surface area contributed by atoms with Crippen molar-refractivity contribution < 1.29 is 18.8 Å².